The Morgan fingerprint density at radius 2 is 1.83 bits per heavy atom. The number of aromatic nitrogens is 2. The van der Waals surface area contributed by atoms with E-state index in [0.29, 0.717) is 39.8 Å². The molecule has 0 N–H and O–H groups in total. The average Bonchev–Trinajstić information content (AvgIpc) is 3.26. The van der Waals surface area contributed by atoms with Gasteiger partial charge in [-0.3, -0.25) is 4.79 Å². The number of hydrogen-bond donors (Lipinski definition) is 0. The summed E-state index contributed by atoms with van der Waals surface area (Å²) in [5.41, 5.74) is 0.714. The van der Waals surface area contributed by atoms with Crippen LogP contribution in [-0.4, -0.2) is 54.1 Å². The van der Waals surface area contributed by atoms with Crippen molar-refractivity contribution in [1.29, 1.82) is 0 Å². The number of methoxy groups -OCH3 is 2. The summed E-state index contributed by atoms with van der Waals surface area (Å²) in [6.45, 7) is 1.78. The maximum atomic E-state index is 12.7. The normalized spacial score (nSPS) is 21.5. The highest BCUT2D eigenvalue weighted by atomic mass is 32.2. The van der Waals surface area contributed by atoms with Crippen molar-refractivity contribution in [2.24, 2.45) is 11.8 Å². The van der Waals surface area contributed by atoms with E-state index in [2.05, 4.69) is 10.2 Å². The first kappa shape index (κ1) is 20.1. The Labute approximate surface area is 175 Å². The number of likely N-dealkylation sites (tertiary alicyclic amines) is 1. The lowest BCUT2D eigenvalue weighted by Gasteiger charge is -2.41. The van der Waals surface area contributed by atoms with Crippen LogP contribution in [0.1, 0.15) is 32.1 Å². The summed E-state index contributed by atoms with van der Waals surface area (Å²) >= 11 is 1.29. The number of carbonyl (C=O) groups excluding carboxylic acids is 1. The van der Waals surface area contributed by atoms with Gasteiger partial charge in [-0.1, -0.05) is 31.0 Å². The minimum atomic E-state index is 0.154. The molecule has 4 rings (SSSR count). The summed E-state index contributed by atoms with van der Waals surface area (Å²) in [4.78, 5) is 14.7. The first-order valence-electron chi connectivity index (χ1n) is 10.1. The summed E-state index contributed by atoms with van der Waals surface area (Å²) in [7, 11) is 3.19. The molecular formula is C21H27N3O4S. The molecule has 2 heterocycles. The number of hydrogen-bond acceptors (Lipinski definition) is 7. The molecule has 156 valence electrons. The van der Waals surface area contributed by atoms with E-state index in [0.717, 1.165) is 25.4 Å². The van der Waals surface area contributed by atoms with Crippen molar-refractivity contribution in [1.82, 2.24) is 15.1 Å². The Hall–Kier alpha value is -2.22. The fourth-order valence-electron chi connectivity index (χ4n) is 4.36. The third kappa shape index (κ3) is 4.69. The van der Waals surface area contributed by atoms with Crippen LogP contribution in [0.15, 0.2) is 27.8 Å². The van der Waals surface area contributed by atoms with Gasteiger partial charge < -0.3 is 18.8 Å². The molecule has 1 saturated carbocycles. The van der Waals surface area contributed by atoms with E-state index >= 15 is 0 Å². The molecule has 1 saturated heterocycles. The molecule has 1 amide bonds. The van der Waals surface area contributed by atoms with E-state index in [1.807, 2.05) is 17.0 Å². The van der Waals surface area contributed by atoms with Crippen molar-refractivity contribution >= 4 is 17.7 Å². The van der Waals surface area contributed by atoms with Gasteiger partial charge in [0.2, 0.25) is 11.8 Å². The third-order valence-corrected chi connectivity index (χ3v) is 6.77. The molecule has 1 aliphatic heterocycles. The van der Waals surface area contributed by atoms with Crippen molar-refractivity contribution in [3.05, 3.63) is 18.2 Å². The zero-order valence-electron chi connectivity index (χ0n) is 16.9. The molecule has 1 aromatic carbocycles. The van der Waals surface area contributed by atoms with Gasteiger partial charge in [0, 0.05) is 24.7 Å². The fourth-order valence-corrected chi connectivity index (χ4v) is 5.02. The predicted molar refractivity (Wildman–Crippen MR) is 110 cm³/mol. The highest BCUT2D eigenvalue weighted by Gasteiger charge is 2.32. The van der Waals surface area contributed by atoms with Crippen LogP contribution in [0.4, 0.5) is 0 Å². The first-order valence-corrected chi connectivity index (χ1v) is 11.1. The Balaban J connectivity index is 1.35. The van der Waals surface area contributed by atoms with E-state index < -0.39 is 0 Å². The molecule has 7 nitrogen and oxygen atoms in total. The first-order chi connectivity index (χ1) is 14.2. The summed E-state index contributed by atoms with van der Waals surface area (Å²) in [5.74, 6) is 3.65. The van der Waals surface area contributed by atoms with E-state index in [1.54, 1.807) is 20.3 Å². The second-order valence-electron chi connectivity index (χ2n) is 7.70. The molecular weight excluding hydrogens is 390 g/mol. The van der Waals surface area contributed by atoms with Crippen molar-refractivity contribution < 1.29 is 18.7 Å². The van der Waals surface area contributed by atoms with Crippen LogP contribution in [-0.2, 0) is 4.79 Å². The number of piperidine rings is 1. The van der Waals surface area contributed by atoms with E-state index in [-0.39, 0.29) is 5.91 Å². The van der Waals surface area contributed by atoms with Crippen LogP contribution < -0.4 is 9.47 Å². The standard InChI is InChI=1S/C21H27N3O4S/c1-26-17-9-16(10-18(11-17)27-2)20-22-23-21(28-20)29-13-19(25)24-8-7-14-5-3-4-6-15(14)12-24/h9-11,14-15H,3-8,12-13H2,1-2H3/t14-,15-/m1/s1. The smallest absolute Gasteiger partial charge is 0.277 e. The summed E-state index contributed by atoms with van der Waals surface area (Å²) in [6.07, 6.45) is 6.39. The van der Waals surface area contributed by atoms with Gasteiger partial charge in [-0.05, 0) is 36.8 Å². The molecule has 1 aromatic heterocycles. The Morgan fingerprint density at radius 3 is 2.55 bits per heavy atom. The maximum Gasteiger partial charge on any atom is 0.277 e. The van der Waals surface area contributed by atoms with Crippen LogP contribution in [0.5, 0.6) is 11.5 Å². The van der Waals surface area contributed by atoms with Crippen molar-refractivity contribution in [2.75, 3.05) is 33.1 Å². The van der Waals surface area contributed by atoms with Gasteiger partial charge in [-0.25, -0.2) is 0 Å². The summed E-state index contributed by atoms with van der Waals surface area (Å²) in [5, 5.41) is 8.58. The van der Waals surface area contributed by atoms with Gasteiger partial charge in [0.25, 0.3) is 5.22 Å². The largest absolute Gasteiger partial charge is 0.497 e. The molecule has 2 aromatic rings. The molecule has 2 fully saturated rings. The number of benzene rings is 1. The number of fused-ring (bicyclic) bond motifs is 1. The van der Waals surface area contributed by atoms with Crippen LogP contribution >= 0.6 is 11.8 Å². The number of thioether (sulfide) groups is 1. The minimum absolute atomic E-state index is 0.154. The lowest BCUT2D eigenvalue weighted by atomic mass is 9.75. The zero-order valence-corrected chi connectivity index (χ0v) is 17.7. The van der Waals surface area contributed by atoms with Crippen LogP contribution in [0.25, 0.3) is 11.5 Å². The predicted octanol–water partition coefficient (Wildman–Crippen LogP) is 3.88. The molecule has 0 bridgehead atoms. The van der Waals surface area contributed by atoms with E-state index in [9.17, 15) is 4.79 Å². The highest BCUT2D eigenvalue weighted by Crippen LogP contribution is 2.36. The van der Waals surface area contributed by atoms with Crippen LogP contribution in [0.3, 0.4) is 0 Å². The van der Waals surface area contributed by atoms with Gasteiger partial charge in [-0.15, -0.1) is 10.2 Å². The van der Waals surface area contributed by atoms with E-state index in [1.165, 1.54) is 37.4 Å². The molecule has 2 atom stereocenters. The van der Waals surface area contributed by atoms with E-state index in [4.69, 9.17) is 13.9 Å². The SMILES string of the molecule is COc1cc(OC)cc(-c2nnc(SCC(=O)N3CC[C@H]4CCCC[C@@H]4C3)o2)c1. The number of rotatable bonds is 6. The molecule has 8 heteroatoms. The van der Waals surface area contributed by atoms with Gasteiger partial charge in [-0.2, -0.15) is 0 Å². The lowest BCUT2D eigenvalue weighted by molar-refractivity contribution is -0.131. The summed E-state index contributed by atoms with van der Waals surface area (Å²) in [6, 6.07) is 5.40. The second-order valence-corrected chi connectivity index (χ2v) is 8.62. The maximum absolute atomic E-state index is 12.7. The number of nitrogens with zero attached hydrogens (tertiary/aromatic N) is 3. The molecule has 0 unspecified atom stereocenters. The Morgan fingerprint density at radius 1 is 1.10 bits per heavy atom. The minimum Gasteiger partial charge on any atom is -0.497 e. The van der Waals surface area contributed by atoms with Crippen molar-refractivity contribution in [3.63, 3.8) is 0 Å². The Kier molecular flexibility index (Phi) is 6.28. The van der Waals surface area contributed by atoms with Gasteiger partial charge in [0.05, 0.1) is 20.0 Å². The summed E-state index contributed by atoms with van der Waals surface area (Å²) < 4.78 is 16.3. The Bertz CT molecular complexity index is 834. The monoisotopic (exact) mass is 417 g/mol. The number of carbonyl (C=O) groups is 1. The molecule has 29 heavy (non-hydrogen) atoms. The zero-order chi connectivity index (χ0) is 20.2. The number of amides is 1. The molecule has 2 aliphatic rings. The van der Waals surface area contributed by atoms with Crippen molar-refractivity contribution in [2.45, 2.75) is 37.3 Å². The third-order valence-electron chi connectivity index (χ3n) is 5.97. The van der Waals surface area contributed by atoms with Gasteiger partial charge in [0.1, 0.15) is 11.5 Å². The van der Waals surface area contributed by atoms with Gasteiger partial charge in [0.15, 0.2) is 0 Å². The second kappa shape index (κ2) is 9.07. The average molecular weight is 418 g/mol. The van der Waals surface area contributed by atoms with Crippen LogP contribution in [0.2, 0.25) is 0 Å². The molecule has 1 aliphatic carbocycles. The molecule has 0 spiro atoms. The quantitative estimate of drug-likeness (QED) is 0.660. The van der Waals surface area contributed by atoms with Crippen LogP contribution in [0, 0.1) is 11.8 Å². The fraction of sp³-hybridized carbons (Fsp3) is 0.571. The van der Waals surface area contributed by atoms with Crippen molar-refractivity contribution in [3.8, 4) is 23.0 Å². The topological polar surface area (TPSA) is 77.7 Å². The highest BCUT2D eigenvalue weighted by molar-refractivity contribution is 7.99. The molecule has 0 radical (unpaired) electrons. The number of ether oxygens (including phenoxy) is 2. The van der Waals surface area contributed by atoms with Gasteiger partial charge >= 0.3 is 0 Å². The lowest BCUT2D eigenvalue weighted by Crippen LogP contribution is -2.45.